The van der Waals surface area contributed by atoms with E-state index in [0.717, 1.165) is 42.0 Å². The van der Waals surface area contributed by atoms with Crippen molar-refractivity contribution >= 4 is 23.3 Å². The molecule has 0 atom stereocenters. The molecule has 0 radical (unpaired) electrons. The van der Waals surface area contributed by atoms with Gasteiger partial charge in [-0.05, 0) is 50.0 Å². The van der Waals surface area contributed by atoms with Gasteiger partial charge in [0, 0.05) is 45.7 Å². The zero-order valence-electron chi connectivity index (χ0n) is 15.8. The van der Waals surface area contributed by atoms with Gasteiger partial charge in [-0.25, -0.2) is 0 Å². The Morgan fingerprint density at radius 3 is 2.80 bits per heavy atom. The molecule has 25 heavy (non-hydrogen) atoms. The number of aromatic hydroxyl groups is 1. The number of benzene rings is 1. The van der Waals surface area contributed by atoms with Gasteiger partial charge in [0.1, 0.15) is 11.4 Å². The maximum absolute atomic E-state index is 10.5. The van der Waals surface area contributed by atoms with Gasteiger partial charge in [-0.15, -0.1) is 0 Å². The predicted molar refractivity (Wildman–Crippen MR) is 109 cm³/mol. The number of nitrogens with zero attached hydrogens (tertiary/aromatic N) is 4. The van der Waals surface area contributed by atoms with Gasteiger partial charge in [-0.1, -0.05) is 12.2 Å². The summed E-state index contributed by atoms with van der Waals surface area (Å²) in [5, 5.41) is 16.8. The van der Waals surface area contributed by atoms with Crippen LogP contribution in [0.1, 0.15) is 25.8 Å². The molecular weight excluding hydrogens is 312 g/mol. The van der Waals surface area contributed by atoms with Crippen LogP contribution in [0.3, 0.4) is 0 Å². The summed E-state index contributed by atoms with van der Waals surface area (Å²) in [7, 11) is 5.66. The zero-order chi connectivity index (χ0) is 18.4. The van der Waals surface area contributed by atoms with Crippen molar-refractivity contribution < 1.29 is 5.11 Å². The average Bonchev–Trinajstić information content (AvgIpc) is 2.58. The standard InChI is InChI=1S/C20H28N4O/c1-6-8-16(10-11-21-3)15(2)22-24(5)19-13-17-9-7-12-23(4)18(17)14-20(19)25/h6,8,10-11,13-14,25H,7,9,12H2,1-5H3/b8-6-,16-10+,21-11?,22-15+. The van der Waals surface area contributed by atoms with Crippen LogP contribution in [0.5, 0.6) is 5.75 Å². The molecule has 0 saturated heterocycles. The fraction of sp³-hybridized carbons (Fsp3) is 0.400. The number of rotatable bonds is 5. The Kier molecular flexibility index (Phi) is 6.39. The summed E-state index contributed by atoms with van der Waals surface area (Å²) in [5.74, 6) is 0.248. The van der Waals surface area contributed by atoms with Crippen LogP contribution in [-0.2, 0) is 6.42 Å². The van der Waals surface area contributed by atoms with E-state index in [1.807, 2.05) is 51.3 Å². The fourth-order valence-electron chi connectivity index (χ4n) is 3.02. The first-order chi connectivity index (χ1) is 12.0. The Morgan fingerprint density at radius 2 is 2.12 bits per heavy atom. The normalized spacial score (nSPS) is 16.0. The lowest BCUT2D eigenvalue weighted by Gasteiger charge is -2.29. The second-order valence-corrected chi connectivity index (χ2v) is 6.23. The molecule has 0 aromatic heterocycles. The molecular formula is C20H28N4O. The topological polar surface area (TPSA) is 51.4 Å². The number of phenolic OH excluding ortho intramolecular Hbond substituents is 1. The highest BCUT2D eigenvalue weighted by Crippen LogP contribution is 2.37. The molecule has 2 rings (SSSR count). The third-order valence-corrected chi connectivity index (χ3v) is 4.34. The van der Waals surface area contributed by atoms with E-state index >= 15 is 0 Å². The number of phenols is 1. The third-order valence-electron chi connectivity index (χ3n) is 4.34. The van der Waals surface area contributed by atoms with Crippen LogP contribution >= 0.6 is 0 Å². The zero-order valence-corrected chi connectivity index (χ0v) is 15.8. The highest BCUT2D eigenvalue weighted by atomic mass is 16.3. The van der Waals surface area contributed by atoms with Gasteiger partial charge in [0.15, 0.2) is 0 Å². The molecule has 0 saturated carbocycles. The van der Waals surface area contributed by atoms with E-state index in [1.54, 1.807) is 18.3 Å². The van der Waals surface area contributed by atoms with E-state index in [4.69, 9.17) is 0 Å². The number of hydrazone groups is 1. The molecule has 1 aliphatic heterocycles. The minimum Gasteiger partial charge on any atom is -0.506 e. The van der Waals surface area contributed by atoms with E-state index in [9.17, 15) is 5.11 Å². The maximum atomic E-state index is 10.5. The monoisotopic (exact) mass is 340 g/mol. The van der Waals surface area contributed by atoms with Crippen LogP contribution < -0.4 is 9.91 Å². The van der Waals surface area contributed by atoms with Crippen molar-refractivity contribution in [1.82, 2.24) is 0 Å². The van der Waals surface area contributed by atoms with Gasteiger partial charge in [-0.3, -0.25) is 10.0 Å². The smallest absolute Gasteiger partial charge is 0.142 e. The quantitative estimate of drug-likeness (QED) is 0.504. The molecule has 1 aliphatic rings. The lowest BCUT2D eigenvalue weighted by atomic mass is 10.0. The summed E-state index contributed by atoms with van der Waals surface area (Å²) in [6, 6.07) is 3.89. The van der Waals surface area contributed by atoms with E-state index in [0.29, 0.717) is 0 Å². The highest BCUT2D eigenvalue weighted by Gasteiger charge is 2.18. The lowest BCUT2D eigenvalue weighted by molar-refractivity contribution is 0.474. The molecule has 134 valence electrons. The van der Waals surface area contributed by atoms with Gasteiger partial charge in [0.05, 0.1) is 5.71 Å². The second-order valence-electron chi connectivity index (χ2n) is 6.23. The van der Waals surface area contributed by atoms with Crippen molar-refractivity contribution in [2.45, 2.75) is 26.7 Å². The van der Waals surface area contributed by atoms with Crippen molar-refractivity contribution in [2.24, 2.45) is 10.1 Å². The number of aryl methyl sites for hydroxylation is 1. The van der Waals surface area contributed by atoms with Crippen LogP contribution in [0.15, 0.2) is 46.0 Å². The second kappa shape index (κ2) is 8.51. The van der Waals surface area contributed by atoms with Crippen LogP contribution in [0.25, 0.3) is 0 Å². The number of fused-ring (bicyclic) bond motifs is 1. The molecule has 0 aliphatic carbocycles. The average molecular weight is 340 g/mol. The van der Waals surface area contributed by atoms with Gasteiger partial charge in [-0.2, -0.15) is 5.10 Å². The van der Waals surface area contributed by atoms with Crippen LogP contribution in [-0.4, -0.2) is 44.7 Å². The van der Waals surface area contributed by atoms with Crippen molar-refractivity contribution in [3.63, 3.8) is 0 Å². The number of anilines is 2. The van der Waals surface area contributed by atoms with E-state index in [-0.39, 0.29) is 5.75 Å². The summed E-state index contributed by atoms with van der Waals surface area (Å²) in [4.78, 5) is 6.19. The Labute approximate surface area is 150 Å². The van der Waals surface area contributed by atoms with Crippen LogP contribution in [0.4, 0.5) is 11.4 Å². The molecule has 5 heteroatoms. The summed E-state index contributed by atoms with van der Waals surface area (Å²) in [5.41, 5.74) is 4.92. The highest BCUT2D eigenvalue weighted by molar-refractivity contribution is 6.04. The van der Waals surface area contributed by atoms with Gasteiger partial charge in [0.25, 0.3) is 0 Å². The molecule has 0 bridgehead atoms. The summed E-state index contributed by atoms with van der Waals surface area (Å²) in [6.07, 6.45) is 9.80. The van der Waals surface area contributed by atoms with Gasteiger partial charge < -0.3 is 10.0 Å². The largest absolute Gasteiger partial charge is 0.506 e. The molecule has 1 heterocycles. The van der Waals surface area contributed by atoms with Gasteiger partial charge >= 0.3 is 0 Å². The third kappa shape index (κ3) is 4.50. The van der Waals surface area contributed by atoms with Crippen molar-refractivity contribution in [3.05, 3.63) is 41.5 Å². The van der Waals surface area contributed by atoms with Gasteiger partial charge in [0.2, 0.25) is 0 Å². The molecule has 1 aromatic carbocycles. The first-order valence-electron chi connectivity index (χ1n) is 8.59. The maximum Gasteiger partial charge on any atom is 0.142 e. The Bertz CT molecular complexity index is 731. The molecule has 1 N–H and O–H groups in total. The van der Waals surface area contributed by atoms with E-state index in [1.165, 1.54) is 5.56 Å². The summed E-state index contributed by atoms with van der Waals surface area (Å²) < 4.78 is 0. The Balaban J connectivity index is 2.35. The molecule has 0 spiro atoms. The first-order valence-corrected chi connectivity index (χ1v) is 8.59. The Morgan fingerprint density at radius 1 is 1.36 bits per heavy atom. The first kappa shape index (κ1) is 18.8. The summed E-state index contributed by atoms with van der Waals surface area (Å²) >= 11 is 0. The van der Waals surface area contributed by atoms with Crippen molar-refractivity contribution in [2.75, 3.05) is 37.6 Å². The molecule has 0 amide bonds. The van der Waals surface area contributed by atoms with E-state index < -0.39 is 0 Å². The fourth-order valence-corrected chi connectivity index (χ4v) is 3.02. The van der Waals surface area contributed by atoms with Crippen LogP contribution in [0.2, 0.25) is 0 Å². The lowest BCUT2D eigenvalue weighted by Crippen LogP contribution is -2.25. The van der Waals surface area contributed by atoms with E-state index in [2.05, 4.69) is 22.0 Å². The van der Waals surface area contributed by atoms with Crippen LogP contribution in [0, 0.1) is 0 Å². The Hall–Kier alpha value is -2.56. The number of hydrogen-bond acceptors (Lipinski definition) is 5. The number of hydrogen-bond donors (Lipinski definition) is 1. The van der Waals surface area contributed by atoms with Crippen molar-refractivity contribution in [1.29, 1.82) is 0 Å². The minimum atomic E-state index is 0.248. The van der Waals surface area contributed by atoms with Crippen molar-refractivity contribution in [3.8, 4) is 5.75 Å². The minimum absolute atomic E-state index is 0.248. The molecule has 1 aromatic rings. The molecule has 0 fully saturated rings. The summed E-state index contributed by atoms with van der Waals surface area (Å²) in [6.45, 7) is 4.95. The number of allylic oxidation sites excluding steroid dienone is 4. The number of aliphatic imine (C=N–C) groups is 1. The SMILES string of the molecule is C\C=C/C(=C\C=NC)C(/C)=N/N(C)c1cc2c(cc1O)N(C)CCC2. The molecule has 0 unspecified atom stereocenters. The molecule has 5 nitrogen and oxygen atoms in total. The predicted octanol–water partition coefficient (Wildman–Crippen LogP) is 3.79.